The molecule has 0 aliphatic heterocycles. The highest BCUT2D eigenvalue weighted by atomic mass is 32.2. The predicted octanol–water partition coefficient (Wildman–Crippen LogP) is -0.530. The average molecular weight is 378 g/mol. The maximum Gasteiger partial charge on any atom is 0.264 e. The molecule has 1 aromatic carbocycles. The number of aryl methyl sites for hydroxylation is 1. The summed E-state index contributed by atoms with van der Waals surface area (Å²) < 4.78 is 32.9. The number of hydrogen-bond donors (Lipinski definition) is 3. The van der Waals surface area contributed by atoms with Gasteiger partial charge in [0.15, 0.2) is 6.61 Å². The van der Waals surface area contributed by atoms with Crippen molar-refractivity contribution >= 4 is 15.9 Å². The Morgan fingerprint density at radius 1 is 1.35 bits per heavy atom. The second kappa shape index (κ2) is 7.26. The predicted molar refractivity (Wildman–Crippen MR) is 92.1 cm³/mol. The summed E-state index contributed by atoms with van der Waals surface area (Å²) in [4.78, 5) is 22.2. The topological polar surface area (TPSA) is 144 Å². The van der Waals surface area contributed by atoms with Gasteiger partial charge in [0.2, 0.25) is 10.0 Å². The Bertz CT molecular complexity index is 969. The summed E-state index contributed by atoms with van der Waals surface area (Å²) >= 11 is 0. The Balaban J connectivity index is 1.69. The van der Waals surface area contributed by atoms with E-state index < -0.39 is 15.9 Å². The molecule has 0 saturated carbocycles. The quantitative estimate of drug-likeness (QED) is 0.616. The Morgan fingerprint density at radius 2 is 2.08 bits per heavy atom. The van der Waals surface area contributed by atoms with E-state index in [2.05, 4.69) is 14.9 Å². The SMILES string of the molecule is NC(=O)COc1ccc(S(=O)(=O)NC2CCc3n[nH]c(=O)cc3C2)cc1. The molecule has 0 saturated heterocycles. The molecule has 4 N–H and O–H groups in total. The Labute approximate surface area is 149 Å². The molecule has 1 atom stereocenters. The van der Waals surface area contributed by atoms with Gasteiger partial charge in [0.05, 0.1) is 10.6 Å². The normalized spacial score (nSPS) is 16.7. The number of aromatic nitrogens is 2. The molecule has 9 nitrogen and oxygen atoms in total. The first kappa shape index (κ1) is 18.1. The van der Waals surface area contributed by atoms with Gasteiger partial charge in [-0.3, -0.25) is 9.59 Å². The second-order valence-corrected chi connectivity index (χ2v) is 7.71. The Kier molecular flexibility index (Phi) is 5.05. The zero-order valence-corrected chi connectivity index (χ0v) is 14.6. The van der Waals surface area contributed by atoms with Gasteiger partial charge < -0.3 is 10.5 Å². The number of H-pyrrole nitrogens is 1. The van der Waals surface area contributed by atoms with E-state index in [0.717, 1.165) is 11.3 Å². The first-order chi connectivity index (χ1) is 12.3. The number of benzene rings is 1. The van der Waals surface area contributed by atoms with Crippen molar-refractivity contribution in [3.8, 4) is 5.75 Å². The maximum absolute atomic E-state index is 12.5. The highest BCUT2D eigenvalue weighted by molar-refractivity contribution is 7.89. The molecular formula is C16H18N4O5S. The molecular weight excluding hydrogens is 360 g/mol. The van der Waals surface area contributed by atoms with Crippen LogP contribution >= 0.6 is 0 Å². The van der Waals surface area contributed by atoms with Gasteiger partial charge in [0.25, 0.3) is 11.5 Å². The molecule has 1 heterocycles. The van der Waals surface area contributed by atoms with Crippen LogP contribution in [0.4, 0.5) is 0 Å². The van der Waals surface area contributed by atoms with Crippen molar-refractivity contribution in [2.24, 2.45) is 5.73 Å². The van der Waals surface area contributed by atoms with Crippen LogP contribution < -0.4 is 20.8 Å². The molecule has 3 rings (SSSR count). The number of ether oxygens (including phenoxy) is 1. The van der Waals surface area contributed by atoms with E-state index in [1.165, 1.54) is 30.3 Å². The first-order valence-electron chi connectivity index (χ1n) is 7.94. The maximum atomic E-state index is 12.5. The highest BCUT2D eigenvalue weighted by Gasteiger charge is 2.25. The van der Waals surface area contributed by atoms with Crippen molar-refractivity contribution in [1.82, 2.24) is 14.9 Å². The molecule has 1 aliphatic rings. The molecule has 1 amide bonds. The number of primary amides is 1. The standard InChI is InChI=1S/C16H18N4O5S/c17-15(21)9-25-12-2-4-13(5-3-12)26(23,24)20-11-1-6-14-10(7-11)8-16(22)19-18-14/h2-5,8,11,20H,1,6-7,9H2,(H2,17,21)(H,19,22). The van der Waals surface area contributed by atoms with E-state index in [0.29, 0.717) is 25.0 Å². The Hall–Kier alpha value is -2.72. The second-order valence-electron chi connectivity index (χ2n) is 5.99. The van der Waals surface area contributed by atoms with Gasteiger partial charge in [-0.1, -0.05) is 0 Å². The molecule has 0 bridgehead atoms. The van der Waals surface area contributed by atoms with Gasteiger partial charge in [-0.15, -0.1) is 0 Å². The number of fused-ring (bicyclic) bond motifs is 1. The van der Waals surface area contributed by atoms with Crippen LogP contribution in [0.3, 0.4) is 0 Å². The summed E-state index contributed by atoms with van der Waals surface area (Å²) in [6.45, 7) is -0.279. The molecule has 0 radical (unpaired) electrons. The van der Waals surface area contributed by atoms with Crippen molar-refractivity contribution in [2.45, 2.75) is 30.2 Å². The van der Waals surface area contributed by atoms with Crippen LogP contribution in [0.5, 0.6) is 5.75 Å². The lowest BCUT2D eigenvalue weighted by atomic mass is 9.93. The van der Waals surface area contributed by atoms with E-state index in [1.807, 2.05) is 0 Å². The molecule has 1 aromatic heterocycles. The van der Waals surface area contributed by atoms with Gasteiger partial charge in [0.1, 0.15) is 5.75 Å². The molecule has 0 fully saturated rings. The molecule has 0 spiro atoms. The summed E-state index contributed by atoms with van der Waals surface area (Å²) in [5.41, 5.74) is 6.23. The van der Waals surface area contributed by atoms with Crippen LogP contribution in [0.15, 0.2) is 40.0 Å². The molecule has 26 heavy (non-hydrogen) atoms. The van der Waals surface area contributed by atoms with Crippen LogP contribution in [-0.2, 0) is 27.7 Å². The van der Waals surface area contributed by atoms with Crippen molar-refractivity contribution in [1.29, 1.82) is 0 Å². The van der Waals surface area contributed by atoms with Gasteiger partial charge >= 0.3 is 0 Å². The van der Waals surface area contributed by atoms with Crippen molar-refractivity contribution in [3.63, 3.8) is 0 Å². The monoisotopic (exact) mass is 378 g/mol. The van der Waals surface area contributed by atoms with Crippen molar-refractivity contribution < 1.29 is 17.9 Å². The number of nitrogens with two attached hydrogens (primary N) is 1. The number of aromatic amines is 1. The molecule has 138 valence electrons. The van der Waals surface area contributed by atoms with Crippen LogP contribution in [-0.4, -0.2) is 37.2 Å². The van der Waals surface area contributed by atoms with Crippen LogP contribution in [0.2, 0.25) is 0 Å². The molecule has 1 unspecified atom stereocenters. The summed E-state index contributed by atoms with van der Waals surface area (Å²) in [5, 5.41) is 6.37. The summed E-state index contributed by atoms with van der Waals surface area (Å²) in [6.07, 6.45) is 1.58. The largest absolute Gasteiger partial charge is 0.484 e. The van der Waals surface area contributed by atoms with Gasteiger partial charge in [-0.25, -0.2) is 18.2 Å². The smallest absolute Gasteiger partial charge is 0.264 e. The molecule has 2 aromatic rings. The highest BCUT2D eigenvalue weighted by Crippen LogP contribution is 2.21. The van der Waals surface area contributed by atoms with Crippen LogP contribution in [0.1, 0.15) is 17.7 Å². The lowest BCUT2D eigenvalue weighted by molar-refractivity contribution is -0.119. The van der Waals surface area contributed by atoms with E-state index in [1.54, 1.807) is 0 Å². The number of carbonyl (C=O) groups is 1. The van der Waals surface area contributed by atoms with Crippen molar-refractivity contribution in [3.05, 3.63) is 51.9 Å². The third-order valence-electron chi connectivity index (χ3n) is 4.01. The Morgan fingerprint density at radius 3 is 2.77 bits per heavy atom. The van der Waals surface area contributed by atoms with E-state index >= 15 is 0 Å². The van der Waals surface area contributed by atoms with Crippen molar-refractivity contribution in [2.75, 3.05) is 6.61 Å². The third-order valence-corrected chi connectivity index (χ3v) is 5.55. The fraction of sp³-hybridized carbons (Fsp3) is 0.312. The fourth-order valence-electron chi connectivity index (χ4n) is 2.80. The average Bonchev–Trinajstić information content (AvgIpc) is 2.59. The third kappa shape index (κ3) is 4.27. The van der Waals surface area contributed by atoms with E-state index in [4.69, 9.17) is 10.5 Å². The zero-order chi connectivity index (χ0) is 18.7. The fourth-order valence-corrected chi connectivity index (χ4v) is 4.07. The lowest BCUT2D eigenvalue weighted by Crippen LogP contribution is -2.39. The molecule has 1 aliphatic carbocycles. The minimum atomic E-state index is -3.72. The number of hydrogen-bond acceptors (Lipinski definition) is 6. The lowest BCUT2D eigenvalue weighted by Gasteiger charge is -2.24. The number of sulfonamides is 1. The number of rotatable bonds is 6. The van der Waals surface area contributed by atoms with Gasteiger partial charge in [0, 0.05) is 12.1 Å². The summed E-state index contributed by atoms with van der Waals surface area (Å²) in [7, 11) is -3.72. The minimum absolute atomic E-state index is 0.0822. The van der Waals surface area contributed by atoms with Gasteiger partial charge in [-0.2, -0.15) is 5.10 Å². The summed E-state index contributed by atoms with van der Waals surface area (Å²) in [6, 6.07) is 6.83. The van der Waals surface area contributed by atoms with Gasteiger partial charge in [-0.05, 0) is 49.1 Å². The van der Waals surface area contributed by atoms with E-state index in [9.17, 15) is 18.0 Å². The van der Waals surface area contributed by atoms with E-state index in [-0.39, 0.29) is 23.1 Å². The molecule has 10 heteroatoms. The number of amides is 1. The van der Waals surface area contributed by atoms with Crippen LogP contribution in [0.25, 0.3) is 0 Å². The van der Waals surface area contributed by atoms with Crippen LogP contribution in [0, 0.1) is 0 Å². The number of nitrogens with one attached hydrogen (secondary N) is 2. The summed E-state index contributed by atoms with van der Waals surface area (Å²) in [5.74, 6) is -0.270. The zero-order valence-electron chi connectivity index (χ0n) is 13.8. The minimum Gasteiger partial charge on any atom is -0.484 e. The number of nitrogens with zero attached hydrogens (tertiary/aromatic N) is 1. The number of carbonyl (C=O) groups excluding carboxylic acids is 1. The first-order valence-corrected chi connectivity index (χ1v) is 9.43.